The standard InChI is InChI=1S/C14H17N3O2/c1-10-7-16(9-12(10)18)8-11-6-14(19)17-5-3-2-4-13(17)15-11/h2-6,10,12,18H,7-9H2,1H3. The summed E-state index contributed by atoms with van der Waals surface area (Å²) in [6.07, 6.45) is 1.44. The van der Waals surface area contributed by atoms with Crippen LogP contribution in [-0.4, -0.2) is 38.6 Å². The highest BCUT2D eigenvalue weighted by atomic mass is 16.3. The van der Waals surface area contributed by atoms with Crippen molar-refractivity contribution in [2.24, 2.45) is 5.92 Å². The second kappa shape index (κ2) is 4.75. The number of likely N-dealkylation sites (tertiary alicyclic amines) is 1. The van der Waals surface area contributed by atoms with E-state index in [0.29, 0.717) is 18.7 Å². The number of hydrogen-bond donors (Lipinski definition) is 1. The average molecular weight is 259 g/mol. The maximum absolute atomic E-state index is 12.0. The van der Waals surface area contributed by atoms with E-state index in [0.717, 1.165) is 12.2 Å². The van der Waals surface area contributed by atoms with Crippen LogP contribution >= 0.6 is 0 Å². The van der Waals surface area contributed by atoms with Gasteiger partial charge in [0.2, 0.25) is 0 Å². The Kier molecular flexibility index (Phi) is 3.08. The highest BCUT2D eigenvalue weighted by Gasteiger charge is 2.27. The molecule has 1 N–H and O–H groups in total. The predicted octanol–water partition coefficient (Wildman–Crippen LogP) is 0.507. The molecule has 2 unspecified atom stereocenters. The third-order valence-corrected chi connectivity index (χ3v) is 3.66. The lowest BCUT2D eigenvalue weighted by atomic mass is 10.1. The summed E-state index contributed by atoms with van der Waals surface area (Å²) in [5.74, 6) is 0.279. The Hall–Kier alpha value is -1.72. The zero-order chi connectivity index (χ0) is 13.4. The van der Waals surface area contributed by atoms with Crippen LogP contribution in [0.1, 0.15) is 12.6 Å². The Labute approximate surface area is 111 Å². The summed E-state index contributed by atoms with van der Waals surface area (Å²) in [6, 6.07) is 7.08. The minimum atomic E-state index is -0.276. The second-order valence-electron chi connectivity index (χ2n) is 5.25. The van der Waals surface area contributed by atoms with E-state index in [1.807, 2.05) is 25.1 Å². The zero-order valence-electron chi connectivity index (χ0n) is 10.9. The molecule has 5 heteroatoms. The number of aliphatic hydroxyl groups excluding tert-OH is 1. The summed E-state index contributed by atoms with van der Waals surface area (Å²) in [4.78, 5) is 18.6. The molecular formula is C14H17N3O2. The fraction of sp³-hybridized carbons (Fsp3) is 0.429. The average Bonchev–Trinajstić information content (AvgIpc) is 2.68. The Morgan fingerprint density at radius 2 is 2.26 bits per heavy atom. The Morgan fingerprint density at radius 1 is 1.42 bits per heavy atom. The Bertz CT molecular complexity index is 642. The third kappa shape index (κ3) is 2.39. The van der Waals surface area contributed by atoms with Crippen LogP contribution in [0.2, 0.25) is 0 Å². The quantitative estimate of drug-likeness (QED) is 0.853. The van der Waals surface area contributed by atoms with Crippen LogP contribution in [0.3, 0.4) is 0 Å². The molecule has 1 saturated heterocycles. The van der Waals surface area contributed by atoms with Crippen LogP contribution in [0.25, 0.3) is 5.65 Å². The number of fused-ring (bicyclic) bond motifs is 1. The van der Waals surface area contributed by atoms with Gasteiger partial charge in [0.15, 0.2) is 0 Å². The number of rotatable bonds is 2. The van der Waals surface area contributed by atoms with E-state index in [1.54, 1.807) is 12.3 Å². The summed E-state index contributed by atoms with van der Waals surface area (Å²) >= 11 is 0. The molecule has 19 heavy (non-hydrogen) atoms. The van der Waals surface area contributed by atoms with E-state index in [-0.39, 0.29) is 17.6 Å². The van der Waals surface area contributed by atoms with Crippen molar-refractivity contribution in [1.82, 2.24) is 14.3 Å². The molecule has 0 amide bonds. The van der Waals surface area contributed by atoms with Gasteiger partial charge in [-0.25, -0.2) is 4.98 Å². The summed E-state index contributed by atoms with van der Waals surface area (Å²) in [7, 11) is 0. The molecular weight excluding hydrogens is 242 g/mol. The van der Waals surface area contributed by atoms with Crippen LogP contribution in [0.15, 0.2) is 35.3 Å². The molecule has 1 aliphatic heterocycles. The molecule has 0 bridgehead atoms. The first-order valence-corrected chi connectivity index (χ1v) is 6.51. The highest BCUT2D eigenvalue weighted by Crippen LogP contribution is 2.17. The molecule has 2 atom stereocenters. The maximum Gasteiger partial charge on any atom is 0.258 e. The fourth-order valence-corrected chi connectivity index (χ4v) is 2.59. The van der Waals surface area contributed by atoms with E-state index in [4.69, 9.17) is 0 Å². The number of aliphatic hydroxyl groups is 1. The van der Waals surface area contributed by atoms with Crippen molar-refractivity contribution in [3.63, 3.8) is 0 Å². The van der Waals surface area contributed by atoms with Crippen molar-refractivity contribution in [2.75, 3.05) is 13.1 Å². The molecule has 2 aromatic rings. The van der Waals surface area contributed by atoms with Gasteiger partial charge >= 0.3 is 0 Å². The smallest absolute Gasteiger partial charge is 0.258 e. The van der Waals surface area contributed by atoms with Crippen LogP contribution in [0, 0.1) is 5.92 Å². The van der Waals surface area contributed by atoms with Crippen LogP contribution in [0.4, 0.5) is 0 Å². The van der Waals surface area contributed by atoms with Crippen molar-refractivity contribution in [1.29, 1.82) is 0 Å². The molecule has 2 aromatic heterocycles. The van der Waals surface area contributed by atoms with Gasteiger partial charge < -0.3 is 5.11 Å². The predicted molar refractivity (Wildman–Crippen MR) is 71.9 cm³/mol. The highest BCUT2D eigenvalue weighted by molar-refractivity contribution is 5.37. The molecule has 1 aliphatic rings. The van der Waals surface area contributed by atoms with Gasteiger partial charge in [0.1, 0.15) is 5.65 Å². The summed E-state index contributed by atoms with van der Waals surface area (Å²) in [5.41, 5.74) is 1.36. The van der Waals surface area contributed by atoms with E-state index >= 15 is 0 Å². The van der Waals surface area contributed by atoms with Crippen LogP contribution in [-0.2, 0) is 6.54 Å². The third-order valence-electron chi connectivity index (χ3n) is 3.66. The van der Waals surface area contributed by atoms with Gasteiger partial charge in [0.05, 0.1) is 11.8 Å². The van der Waals surface area contributed by atoms with E-state index in [1.165, 1.54) is 4.40 Å². The van der Waals surface area contributed by atoms with Crippen molar-refractivity contribution < 1.29 is 5.11 Å². The minimum absolute atomic E-state index is 0.0617. The zero-order valence-corrected chi connectivity index (χ0v) is 10.9. The first-order chi connectivity index (χ1) is 9.13. The van der Waals surface area contributed by atoms with Gasteiger partial charge in [-0.2, -0.15) is 0 Å². The maximum atomic E-state index is 12.0. The minimum Gasteiger partial charge on any atom is -0.391 e. The van der Waals surface area contributed by atoms with Gasteiger partial charge in [0.25, 0.3) is 5.56 Å². The summed E-state index contributed by atoms with van der Waals surface area (Å²) < 4.78 is 1.53. The largest absolute Gasteiger partial charge is 0.391 e. The van der Waals surface area contributed by atoms with E-state index < -0.39 is 0 Å². The lowest BCUT2D eigenvalue weighted by Gasteiger charge is -2.14. The Balaban J connectivity index is 1.88. The number of nitrogens with zero attached hydrogens (tertiary/aromatic N) is 3. The molecule has 3 heterocycles. The molecule has 0 saturated carbocycles. The molecule has 100 valence electrons. The number of pyridine rings is 1. The molecule has 5 nitrogen and oxygen atoms in total. The topological polar surface area (TPSA) is 57.8 Å². The van der Waals surface area contributed by atoms with Crippen molar-refractivity contribution in [3.8, 4) is 0 Å². The van der Waals surface area contributed by atoms with E-state index in [2.05, 4.69) is 9.88 Å². The number of aromatic nitrogens is 2. The van der Waals surface area contributed by atoms with Gasteiger partial charge in [-0.1, -0.05) is 13.0 Å². The number of β-amino-alcohol motifs (C(OH)–C–C–N with tert-alkyl or cyclic N) is 1. The second-order valence-corrected chi connectivity index (χ2v) is 5.25. The van der Waals surface area contributed by atoms with Gasteiger partial charge in [-0.15, -0.1) is 0 Å². The van der Waals surface area contributed by atoms with Gasteiger partial charge in [0, 0.05) is 31.9 Å². The summed E-state index contributed by atoms with van der Waals surface area (Å²) in [5, 5.41) is 9.74. The van der Waals surface area contributed by atoms with Crippen molar-refractivity contribution in [3.05, 3.63) is 46.5 Å². The lowest BCUT2D eigenvalue weighted by Crippen LogP contribution is -2.24. The number of hydrogen-bond acceptors (Lipinski definition) is 4. The summed E-state index contributed by atoms with van der Waals surface area (Å²) in [6.45, 7) is 4.14. The monoisotopic (exact) mass is 259 g/mol. The lowest BCUT2D eigenvalue weighted by molar-refractivity contribution is 0.147. The van der Waals surface area contributed by atoms with E-state index in [9.17, 15) is 9.90 Å². The van der Waals surface area contributed by atoms with Gasteiger partial charge in [-0.3, -0.25) is 14.1 Å². The normalized spacial score (nSPS) is 24.1. The molecule has 0 aliphatic carbocycles. The first-order valence-electron chi connectivity index (χ1n) is 6.51. The SMILES string of the molecule is CC1CN(Cc2cc(=O)n3ccccc3n2)CC1O. The molecule has 0 spiro atoms. The van der Waals surface area contributed by atoms with Crippen LogP contribution < -0.4 is 5.56 Å². The fourth-order valence-electron chi connectivity index (χ4n) is 2.59. The van der Waals surface area contributed by atoms with Crippen molar-refractivity contribution in [2.45, 2.75) is 19.6 Å². The van der Waals surface area contributed by atoms with Gasteiger partial charge in [-0.05, 0) is 18.1 Å². The first kappa shape index (κ1) is 12.3. The van der Waals surface area contributed by atoms with Crippen molar-refractivity contribution >= 4 is 5.65 Å². The molecule has 3 rings (SSSR count). The van der Waals surface area contributed by atoms with Crippen LogP contribution in [0.5, 0.6) is 0 Å². The molecule has 0 radical (unpaired) electrons. The Morgan fingerprint density at radius 3 is 3.00 bits per heavy atom. The molecule has 0 aromatic carbocycles. The molecule has 1 fully saturated rings.